The van der Waals surface area contributed by atoms with Gasteiger partial charge in [-0.1, -0.05) is 15.9 Å². The lowest BCUT2D eigenvalue weighted by atomic mass is 10.0. The van der Waals surface area contributed by atoms with Crippen molar-refractivity contribution >= 4 is 21.7 Å². The van der Waals surface area contributed by atoms with E-state index in [-0.39, 0.29) is 18.6 Å². The third-order valence-corrected chi connectivity index (χ3v) is 2.82. The second-order valence-corrected chi connectivity index (χ2v) is 4.65. The molecule has 0 saturated carbocycles. The third kappa shape index (κ3) is 4.68. The van der Waals surface area contributed by atoms with E-state index in [0.29, 0.717) is 15.8 Å². The molecule has 18 heavy (non-hydrogen) atoms. The minimum Gasteiger partial charge on any atom is -0.496 e. The Kier molecular flexibility index (Phi) is 5.19. The van der Waals surface area contributed by atoms with Crippen LogP contribution in [0.2, 0.25) is 0 Å². The van der Waals surface area contributed by atoms with Gasteiger partial charge in [0.25, 0.3) is 0 Å². The highest BCUT2D eigenvalue weighted by atomic mass is 79.9. The molecule has 2 nitrogen and oxygen atoms in total. The van der Waals surface area contributed by atoms with Gasteiger partial charge in [0, 0.05) is 17.3 Å². The van der Waals surface area contributed by atoms with Gasteiger partial charge in [-0.25, -0.2) is 0 Å². The molecule has 0 atom stereocenters. The Morgan fingerprint density at radius 1 is 1.39 bits per heavy atom. The second kappa shape index (κ2) is 6.22. The van der Waals surface area contributed by atoms with Gasteiger partial charge in [0.05, 0.1) is 12.7 Å². The Bertz CT molecular complexity index is 430. The minimum atomic E-state index is -4.22. The summed E-state index contributed by atoms with van der Waals surface area (Å²) in [5.41, 5.74) is 0.300. The summed E-state index contributed by atoms with van der Waals surface area (Å²) < 4.78 is 41.6. The molecule has 6 heteroatoms. The molecule has 0 saturated heterocycles. The van der Waals surface area contributed by atoms with Crippen molar-refractivity contribution in [3.8, 4) is 5.75 Å². The van der Waals surface area contributed by atoms with Crippen LogP contribution in [0.3, 0.4) is 0 Å². The van der Waals surface area contributed by atoms with Gasteiger partial charge in [-0.05, 0) is 24.6 Å². The molecule has 1 aromatic rings. The first kappa shape index (κ1) is 15.0. The number of ether oxygens (including phenoxy) is 1. The number of Topliss-reactive ketones (excluding diaryl/α,β-unsaturated/α-hetero) is 1. The molecule has 0 fully saturated rings. The molecule has 0 N–H and O–H groups in total. The average molecular weight is 325 g/mol. The van der Waals surface area contributed by atoms with Crippen LogP contribution >= 0.6 is 15.9 Å². The zero-order valence-corrected chi connectivity index (χ0v) is 11.3. The number of ketones is 1. The average Bonchev–Trinajstić information content (AvgIpc) is 2.27. The Morgan fingerprint density at radius 2 is 2.06 bits per heavy atom. The fraction of sp³-hybridized carbons (Fsp3) is 0.417. The number of benzene rings is 1. The number of hydrogen-bond acceptors (Lipinski definition) is 2. The molecule has 0 aromatic heterocycles. The largest absolute Gasteiger partial charge is 0.496 e. The van der Waals surface area contributed by atoms with Crippen molar-refractivity contribution in [1.82, 2.24) is 0 Å². The van der Waals surface area contributed by atoms with Gasteiger partial charge in [0.2, 0.25) is 0 Å². The molecule has 1 rings (SSSR count). The van der Waals surface area contributed by atoms with Crippen molar-refractivity contribution in [3.63, 3.8) is 0 Å². The van der Waals surface area contributed by atoms with E-state index in [0.717, 1.165) is 0 Å². The van der Waals surface area contributed by atoms with Crippen LogP contribution in [0.4, 0.5) is 13.2 Å². The third-order valence-electron chi connectivity index (χ3n) is 2.33. The quantitative estimate of drug-likeness (QED) is 0.751. The Morgan fingerprint density at radius 3 is 2.61 bits per heavy atom. The summed E-state index contributed by atoms with van der Waals surface area (Å²) in [5, 5.41) is 0. The van der Waals surface area contributed by atoms with Crippen molar-refractivity contribution in [2.75, 3.05) is 7.11 Å². The monoisotopic (exact) mass is 324 g/mol. The highest BCUT2D eigenvalue weighted by molar-refractivity contribution is 9.10. The van der Waals surface area contributed by atoms with Gasteiger partial charge in [-0.2, -0.15) is 13.2 Å². The topological polar surface area (TPSA) is 26.3 Å². The first-order valence-corrected chi connectivity index (χ1v) is 6.06. The molecule has 0 unspecified atom stereocenters. The summed E-state index contributed by atoms with van der Waals surface area (Å²) in [6.07, 6.45) is -5.53. The lowest BCUT2D eigenvalue weighted by Gasteiger charge is -2.09. The van der Waals surface area contributed by atoms with E-state index in [4.69, 9.17) is 4.74 Å². The number of halogens is 4. The smallest absolute Gasteiger partial charge is 0.389 e. The van der Waals surface area contributed by atoms with E-state index in [1.807, 2.05) is 0 Å². The number of hydrogen-bond donors (Lipinski definition) is 0. The maximum absolute atomic E-state index is 12.0. The standard InChI is InChI=1S/C12H12BrF3O2/c1-18-11-5-4-8(13)7-9(11)10(17)3-2-6-12(14,15)16/h4-5,7H,2-3,6H2,1H3. The number of carbonyl (C=O) groups excluding carboxylic acids is 1. The van der Waals surface area contributed by atoms with E-state index >= 15 is 0 Å². The predicted octanol–water partition coefficient (Wildman–Crippen LogP) is 4.37. The van der Waals surface area contributed by atoms with Crippen molar-refractivity contribution in [2.24, 2.45) is 0 Å². The van der Waals surface area contributed by atoms with Crippen LogP contribution < -0.4 is 4.74 Å². The van der Waals surface area contributed by atoms with Crippen molar-refractivity contribution in [2.45, 2.75) is 25.4 Å². The predicted molar refractivity (Wildman–Crippen MR) is 64.9 cm³/mol. The van der Waals surface area contributed by atoms with Crippen LogP contribution in [0.1, 0.15) is 29.6 Å². The molecule has 1 aromatic carbocycles. The van der Waals surface area contributed by atoms with Gasteiger partial charge in [-0.3, -0.25) is 4.79 Å². The van der Waals surface area contributed by atoms with Gasteiger partial charge in [0.1, 0.15) is 5.75 Å². The summed E-state index contributed by atoms with van der Waals surface area (Å²) in [6.45, 7) is 0. The molecule has 0 radical (unpaired) electrons. The zero-order valence-electron chi connectivity index (χ0n) is 9.68. The number of rotatable bonds is 5. The zero-order chi connectivity index (χ0) is 13.8. The lowest BCUT2D eigenvalue weighted by molar-refractivity contribution is -0.135. The highest BCUT2D eigenvalue weighted by Crippen LogP contribution is 2.27. The van der Waals surface area contributed by atoms with Crippen LogP contribution in [-0.2, 0) is 0 Å². The molecule has 0 heterocycles. The number of methoxy groups -OCH3 is 1. The van der Waals surface area contributed by atoms with Gasteiger partial charge < -0.3 is 4.74 Å². The number of carbonyl (C=O) groups is 1. The fourth-order valence-corrected chi connectivity index (χ4v) is 1.84. The molecule has 0 aliphatic carbocycles. The van der Waals surface area contributed by atoms with Crippen LogP contribution in [-0.4, -0.2) is 19.1 Å². The molecule has 0 bridgehead atoms. The van der Waals surface area contributed by atoms with E-state index < -0.39 is 12.6 Å². The van der Waals surface area contributed by atoms with E-state index in [2.05, 4.69) is 15.9 Å². The van der Waals surface area contributed by atoms with E-state index in [1.54, 1.807) is 18.2 Å². The van der Waals surface area contributed by atoms with Crippen LogP contribution in [0.5, 0.6) is 5.75 Å². The van der Waals surface area contributed by atoms with Gasteiger partial charge in [-0.15, -0.1) is 0 Å². The number of alkyl halides is 3. The minimum absolute atomic E-state index is 0.147. The van der Waals surface area contributed by atoms with Crippen molar-refractivity contribution in [3.05, 3.63) is 28.2 Å². The summed E-state index contributed by atoms with van der Waals surface area (Å²) in [4.78, 5) is 11.8. The van der Waals surface area contributed by atoms with Crippen molar-refractivity contribution < 1.29 is 22.7 Å². The maximum Gasteiger partial charge on any atom is 0.389 e. The first-order chi connectivity index (χ1) is 8.33. The first-order valence-electron chi connectivity index (χ1n) is 5.27. The molecular weight excluding hydrogens is 313 g/mol. The van der Waals surface area contributed by atoms with Gasteiger partial charge >= 0.3 is 6.18 Å². The normalized spacial score (nSPS) is 11.4. The Hall–Kier alpha value is -1.04. The maximum atomic E-state index is 12.0. The molecule has 100 valence electrons. The van der Waals surface area contributed by atoms with E-state index in [9.17, 15) is 18.0 Å². The summed E-state index contributed by atoms with van der Waals surface area (Å²) in [5.74, 6) is 0.0209. The second-order valence-electron chi connectivity index (χ2n) is 3.74. The van der Waals surface area contributed by atoms with Crippen LogP contribution in [0.15, 0.2) is 22.7 Å². The summed E-state index contributed by atoms with van der Waals surface area (Å²) in [6, 6.07) is 4.85. The highest BCUT2D eigenvalue weighted by Gasteiger charge is 2.26. The van der Waals surface area contributed by atoms with Crippen LogP contribution in [0, 0.1) is 0 Å². The Balaban J connectivity index is 2.69. The molecular formula is C12H12BrF3O2. The van der Waals surface area contributed by atoms with E-state index in [1.165, 1.54) is 7.11 Å². The molecule has 0 spiro atoms. The SMILES string of the molecule is COc1ccc(Br)cc1C(=O)CCCC(F)(F)F. The van der Waals surface area contributed by atoms with Gasteiger partial charge in [0.15, 0.2) is 5.78 Å². The fourth-order valence-electron chi connectivity index (χ4n) is 1.48. The molecule has 0 aliphatic heterocycles. The Labute approximate surface area is 111 Å². The lowest BCUT2D eigenvalue weighted by Crippen LogP contribution is -2.09. The van der Waals surface area contributed by atoms with Crippen LogP contribution in [0.25, 0.3) is 0 Å². The van der Waals surface area contributed by atoms with Crippen molar-refractivity contribution in [1.29, 1.82) is 0 Å². The summed E-state index contributed by atoms with van der Waals surface area (Å²) in [7, 11) is 1.41. The molecule has 0 amide bonds. The molecule has 0 aliphatic rings. The summed E-state index contributed by atoms with van der Waals surface area (Å²) >= 11 is 3.21.